The second kappa shape index (κ2) is 4.81. The molecule has 0 aromatic heterocycles. The Morgan fingerprint density at radius 2 is 1.85 bits per heavy atom. The van der Waals surface area contributed by atoms with Crippen molar-refractivity contribution in [2.75, 3.05) is 26.2 Å². The van der Waals surface area contributed by atoms with Crippen molar-refractivity contribution in [3.8, 4) is 0 Å². The second-order valence-corrected chi connectivity index (χ2v) is 2.95. The van der Waals surface area contributed by atoms with Crippen LogP contribution in [0.1, 0.15) is 12.8 Å². The number of carboxylic acids is 1. The summed E-state index contributed by atoms with van der Waals surface area (Å²) >= 11 is 0. The predicted octanol–water partition coefficient (Wildman–Crippen LogP) is -0.702. The summed E-state index contributed by atoms with van der Waals surface area (Å²) in [5.41, 5.74) is 0. The molecule has 0 atom stereocenters. The third-order valence-electron chi connectivity index (χ3n) is 1.96. The van der Waals surface area contributed by atoms with Gasteiger partial charge in [0.05, 0.1) is 6.42 Å². The Hall–Kier alpha value is -1.10. The first-order valence-electron chi connectivity index (χ1n) is 4.33. The second-order valence-electron chi connectivity index (χ2n) is 2.95. The van der Waals surface area contributed by atoms with Gasteiger partial charge in [0.2, 0.25) is 5.91 Å². The molecule has 0 saturated carbocycles. The van der Waals surface area contributed by atoms with Crippen molar-refractivity contribution in [3.63, 3.8) is 0 Å². The van der Waals surface area contributed by atoms with E-state index < -0.39 is 5.97 Å². The maximum atomic E-state index is 11.3. The third-order valence-corrected chi connectivity index (χ3v) is 1.96. The van der Waals surface area contributed by atoms with Crippen LogP contribution in [0.15, 0.2) is 0 Å². The van der Waals surface area contributed by atoms with Crippen molar-refractivity contribution >= 4 is 11.9 Å². The first-order valence-corrected chi connectivity index (χ1v) is 4.33. The average molecular weight is 185 g/mol. The van der Waals surface area contributed by atoms with E-state index in [1.165, 1.54) is 0 Å². The van der Waals surface area contributed by atoms with Crippen molar-refractivity contribution in [2.45, 2.75) is 12.8 Å². The van der Waals surface area contributed by atoms with Gasteiger partial charge in [-0.1, -0.05) is 0 Å². The van der Waals surface area contributed by atoms with E-state index in [0.717, 1.165) is 0 Å². The molecule has 0 bridgehead atoms. The van der Waals surface area contributed by atoms with Crippen molar-refractivity contribution in [1.82, 2.24) is 10.2 Å². The molecule has 0 aliphatic carbocycles. The molecule has 1 radical (unpaired) electrons. The molecule has 1 heterocycles. The van der Waals surface area contributed by atoms with Gasteiger partial charge in [0.15, 0.2) is 0 Å². The summed E-state index contributed by atoms with van der Waals surface area (Å²) in [6.07, 6.45) is 0.0296. The van der Waals surface area contributed by atoms with Crippen LogP contribution in [0.25, 0.3) is 0 Å². The summed E-state index contributed by atoms with van der Waals surface area (Å²) in [6.45, 7) is 2.63. The molecule has 0 aromatic carbocycles. The molecule has 5 heteroatoms. The van der Waals surface area contributed by atoms with E-state index in [-0.39, 0.29) is 18.7 Å². The number of carbonyl (C=O) groups excluding carboxylic acids is 1. The number of piperazine rings is 1. The quantitative estimate of drug-likeness (QED) is 0.631. The maximum absolute atomic E-state index is 11.3. The lowest BCUT2D eigenvalue weighted by Crippen LogP contribution is -2.43. The smallest absolute Gasteiger partial charge is 0.303 e. The summed E-state index contributed by atoms with van der Waals surface area (Å²) in [7, 11) is 0. The zero-order valence-corrected chi connectivity index (χ0v) is 7.40. The first kappa shape index (κ1) is 9.98. The Kier molecular flexibility index (Phi) is 3.70. The highest BCUT2D eigenvalue weighted by Crippen LogP contribution is 2.00. The topological polar surface area (TPSA) is 71.7 Å². The van der Waals surface area contributed by atoms with Gasteiger partial charge in [0, 0.05) is 32.6 Å². The van der Waals surface area contributed by atoms with E-state index in [4.69, 9.17) is 5.11 Å². The predicted molar refractivity (Wildman–Crippen MR) is 45.3 cm³/mol. The van der Waals surface area contributed by atoms with Crippen LogP contribution in [0.5, 0.6) is 0 Å². The molecule has 0 aromatic rings. The van der Waals surface area contributed by atoms with Gasteiger partial charge in [0.25, 0.3) is 0 Å². The molecular weight excluding hydrogens is 172 g/mol. The zero-order chi connectivity index (χ0) is 9.68. The molecule has 1 rings (SSSR count). The third kappa shape index (κ3) is 3.42. The van der Waals surface area contributed by atoms with Gasteiger partial charge in [-0.15, -0.1) is 0 Å². The molecule has 0 spiro atoms. The number of nitrogens with zero attached hydrogens (tertiary/aromatic N) is 2. The maximum Gasteiger partial charge on any atom is 0.303 e. The standard InChI is InChI=1S/C8H13N2O3/c11-7(1-2-8(12)13)10-5-3-9-4-6-10/h1-6H2,(H,12,13). The van der Waals surface area contributed by atoms with Gasteiger partial charge in [-0.2, -0.15) is 0 Å². The fraction of sp³-hybridized carbons (Fsp3) is 0.750. The minimum absolute atomic E-state index is 0.0719. The van der Waals surface area contributed by atoms with Crippen molar-refractivity contribution in [1.29, 1.82) is 0 Å². The molecule has 73 valence electrons. The number of carboxylic acid groups (broad SMARTS) is 1. The Morgan fingerprint density at radius 3 is 2.38 bits per heavy atom. The summed E-state index contributed by atoms with van der Waals surface area (Å²) in [4.78, 5) is 23.2. The van der Waals surface area contributed by atoms with Gasteiger partial charge in [-0.3, -0.25) is 9.59 Å². The van der Waals surface area contributed by atoms with Gasteiger partial charge in [-0.25, -0.2) is 5.32 Å². The monoisotopic (exact) mass is 185 g/mol. The van der Waals surface area contributed by atoms with Crippen LogP contribution in [0.2, 0.25) is 0 Å². The van der Waals surface area contributed by atoms with Crippen molar-refractivity contribution in [2.24, 2.45) is 0 Å². The van der Waals surface area contributed by atoms with E-state index in [0.29, 0.717) is 26.2 Å². The highest BCUT2D eigenvalue weighted by molar-refractivity contribution is 5.80. The number of aliphatic carboxylic acids is 1. The summed E-state index contributed by atoms with van der Waals surface area (Å²) in [5, 5.41) is 12.5. The van der Waals surface area contributed by atoms with Crippen LogP contribution in [0.4, 0.5) is 0 Å². The fourth-order valence-electron chi connectivity index (χ4n) is 1.23. The molecule has 1 amide bonds. The van der Waals surface area contributed by atoms with E-state index in [2.05, 4.69) is 5.32 Å². The number of rotatable bonds is 3. The SMILES string of the molecule is O=C(O)CCC(=O)N1CC[N]CC1. The molecule has 0 unspecified atom stereocenters. The average Bonchev–Trinajstić information content (AvgIpc) is 2.15. The van der Waals surface area contributed by atoms with Crippen LogP contribution in [0, 0.1) is 0 Å². The Balaban J connectivity index is 2.25. The molecular formula is C8H13N2O3. The lowest BCUT2D eigenvalue weighted by atomic mass is 10.2. The van der Waals surface area contributed by atoms with E-state index >= 15 is 0 Å². The molecule has 13 heavy (non-hydrogen) atoms. The summed E-state index contributed by atoms with van der Waals surface area (Å²) in [5.74, 6) is -0.993. The first-order chi connectivity index (χ1) is 6.20. The minimum Gasteiger partial charge on any atom is -0.481 e. The molecule has 1 saturated heterocycles. The summed E-state index contributed by atoms with van der Waals surface area (Å²) < 4.78 is 0. The van der Waals surface area contributed by atoms with Crippen LogP contribution < -0.4 is 5.32 Å². The van der Waals surface area contributed by atoms with Gasteiger partial charge >= 0.3 is 5.97 Å². The van der Waals surface area contributed by atoms with E-state index in [1.807, 2.05) is 0 Å². The van der Waals surface area contributed by atoms with Crippen LogP contribution >= 0.6 is 0 Å². The number of carbonyl (C=O) groups is 2. The van der Waals surface area contributed by atoms with E-state index in [9.17, 15) is 9.59 Å². The zero-order valence-electron chi connectivity index (χ0n) is 7.40. The van der Waals surface area contributed by atoms with Gasteiger partial charge in [0.1, 0.15) is 0 Å². The number of hydrogen-bond donors (Lipinski definition) is 1. The summed E-state index contributed by atoms with van der Waals surface area (Å²) in [6, 6.07) is 0. The van der Waals surface area contributed by atoms with Crippen LogP contribution in [0.3, 0.4) is 0 Å². The molecule has 1 N–H and O–H groups in total. The van der Waals surface area contributed by atoms with Gasteiger partial charge < -0.3 is 10.0 Å². The fourth-order valence-corrected chi connectivity index (χ4v) is 1.23. The highest BCUT2D eigenvalue weighted by atomic mass is 16.4. The minimum atomic E-state index is -0.921. The van der Waals surface area contributed by atoms with Gasteiger partial charge in [-0.05, 0) is 0 Å². The van der Waals surface area contributed by atoms with Crippen LogP contribution in [-0.4, -0.2) is 48.1 Å². The molecule has 1 fully saturated rings. The highest BCUT2D eigenvalue weighted by Gasteiger charge is 2.16. The molecule has 1 aliphatic rings. The number of amides is 1. The van der Waals surface area contributed by atoms with E-state index in [1.54, 1.807) is 4.90 Å². The van der Waals surface area contributed by atoms with Crippen molar-refractivity contribution < 1.29 is 14.7 Å². The number of hydrogen-bond acceptors (Lipinski definition) is 2. The Morgan fingerprint density at radius 1 is 1.23 bits per heavy atom. The Bertz CT molecular complexity index is 200. The van der Waals surface area contributed by atoms with Crippen LogP contribution in [-0.2, 0) is 9.59 Å². The molecule has 5 nitrogen and oxygen atoms in total. The largest absolute Gasteiger partial charge is 0.481 e. The lowest BCUT2D eigenvalue weighted by Gasteiger charge is -2.26. The van der Waals surface area contributed by atoms with Crippen molar-refractivity contribution in [3.05, 3.63) is 0 Å². The molecule has 1 aliphatic heterocycles. The Labute approximate surface area is 76.7 Å². The lowest BCUT2D eigenvalue weighted by molar-refractivity contribution is -0.141. The normalized spacial score (nSPS) is 17.1.